The van der Waals surface area contributed by atoms with E-state index in [0.717, 1.165) is 11.1 Å². The summed E-state index contributed by atoms with van der Waals surface area (Å²) in [5.41, 5.74) is 1.67. The molecule has 0 radical (unpaired) electrons. The fourth-order valence-electron chi connectivity index (χ4n) is 2.90. The number of aromatic nitrogens is 2. The number of halogens is 2. The Labute approximate surface area is 164 Å². The normalized spacial score (nSPS) is 12.5. The van der Waals surface area contributed by atoms with E-state index in [2.05, 4.69) is 9.97 Å². The smallest absolute Gasteiger partial charge is 0.167 e. The number of thiazole rings is 1. The van der Waals surface area contributed by atoms with Gasteiger partial charge >= 0.3 is 0 Å². The van der Waals surface area contributed by atoms with Crippen LogP contribution in [0.5, 0.6) is 11.5 Å². The standard InChI is InChI=1S/C21H18F2N2O2S/c1-4-11(2)27-18-9-19-17(8-16(18)23)25-21(28-19)15-7-13(22)5-12-6-14(26-3)10-24-20(12)15/h5-11H,4H2,1-3H3. The van der Waals surface area contributed by atoms with Crippen LogP contribution >= 0.6 is 11.3 Å². The molecule has 0 aliphatic heterocycles. The molecule has 28 heavy (non-hydrogen) atoms. The molecule has 4 rings (SSSR count). The second-order valence-corrected chi connectivity index (χ2v) is 7.54. The average Bonchev–Trinajstić information content (AvgIpc) is 3.09. The van der Waals surface area contributed by atoms with E-state index in [0.29, 0.717) is 32.7 Å². The molecule has 0 aliphatic rings. The third-order valence-corrected chi connectivity index (χ3v) is 5.59. The molecule has 0 saturated carbocycles. The Hall–Kier alpha value is -2.80. The van der Waals surface area contributed by atoms with Gasteiger partial charge in [0.25, 0.3) is 0 Å². The fourth-order valence-corrected chi connectivity index (χ4v) is 3.90. The quantitative estimate of drug-likeness (QED) is 0.414. The highest BCUT2D eigenvalue weighted by Crippen LogP contribution is 2.37. The van der Waals surface area contributed by atoms with Gasteiger partial charge in [-0.2, -0.15) is 0 Å². The second-order valence-electron chi connectivity index (χ2n) is 6.51. The van der Waals surface area contributed by atoms with Gasteiger partial charge in [0.05, 0.1) is 35.1 Å². The van der Waals surface area contributed by atoms with Crippen LogP contribution in [0.1, 0.15) is 20.3 Å². The van der Waals surface area contributed by atoms with E-state index in [1.165, 1.54) is 36.6 Å². The highest BCUT2D eigenvalue weighted by atomic mass is 32.1. The van der Waals surface area contributed by atoms with E-state index < -0.39 is 11.6 Å². The maximum absolute atomic E-state index is 14.4. The van der Waals surface area contributed by atoms with Crippen molar-refractivity contribution in [1.82, 2.24) is 9.97 Å². The van der Waals surface area contributed by atoms with Crippen molar-refractivity contribution >= 4 is 32.5 Å². The molecular formula is C21H18F2N2O2S. The van der Waals surface area contributed by atoms with Gasteiger partial charge in [-0.1, -0.05) is 6.92 Å². The number of nitrogens with zero attached hydrogens (tertiary/aromatic N) is 2. The van der Waals surface area contributed by atoms with Crippen molar-refractivity contribution in [3.63, 3.8) is 0 Å². The third-order valence-electron chi connectivity index (χ3n) is 4.53. The highest BCUT2D eigenvalue weighted by molar-refractivity contribution is 7.21. The largest absolute Gasteiger partial charge is 0.495 e. The summed E-state index contributed by atoms with van der Waals surface area (Å²) >= 11 is 1.35. The summed E-state index contributed by atoms with van der Waals surface area (Å²) in [5.74, 6) is -0.119. The molecule has 2 aromatic carbocycles. The molecule has 144 valence electrons. The van der Waals surface area contributed by atoms with Crippen molar-refractivity contribution in [3.05, 3.63) is 48.2 Å². The van der Waals surface area contributed by atoms with E-state index in [1.54, 1.807) is 18.3 Å². The van der Waals surface area contributed by atoms with E-state index >= 15 is 0 Å². The van der Waals surface area contributed by atoms with Gasteiger partial charge in [-0.05, 0) is 31.5 Å². The van der Waals surface area contributed by atoms with Gasteiger partial charge in [0.1, 0.15) is 16.6 Å². The van der Waals surface area contributed by atoms with Gasteiger partial charge in [-0.3, -0.25) is 4.98 Å². The van der Waals surface area contributed by atoms with Crippen molar-refractivity contribution in [2.75, 3.05) is 7.11 Å². The first-order valence-electron chi connectivity index (χ1n) is 8.89. The lowest BCUT2D eigenvalue weighted by molar-refractivity contribution is 0.208. The van der Waals surface area contributed by atoms with Crippen molar-refractivity contribution in [1.29, 1.82) is 0 Å². The molecule has 0 amide bonds. The molecule has 0 saturated heterocycles. The maximum atomic E-state index is 14.4. The Bertz CT molecular complexity index is 1180. The fraction of sp³-hybridized carbons (Fsp3) is 0.238. The summed E-state index contributed by atoms with van der Waals surface area (Å²) in [6.07, 6.45) is 2.26. The zero-order valence-corrected chi connectivity index (χ0v) is 16.4. The zero-order valence-electron chi connectivity index (χ0n) is 15.6. The molecule has 1 atom stereocenters. The minimum atomic E-state index is -0.461. The lowest BCUT2D eigenvalue weighted by Gasteiger charge is -2.12. The monoisotopic (exact) mass is 400 g/mol. The summed E-state index contributed by atoms with van der Waals surface area (Å²) in [6, 6.07) is 7.52. The SMILES string of the molecule is CCC(C)Oc1cc2sc(-c3cc(F)cc4cc(OC)cnc34)nc2cc1F. The van der Waals surface area contributed by atoms with E-state index in [9.17, 15) is 8.78 Å². The minimum Gasteiger partial charge on any atom is -0.495 e. The average molecular weight is 400 g/mol. The Kier molecular flexibility index (Phi) is 4.85. The molecular weight excluding hydrogens is 382 g/mol. The zero-order chi connectivity index (χ0) is 19.8. The van der Waals surface area contributed by atoms with Crippen molar-refractivity contribution in [3.8, 4) is 22.1 Å². The summed E-state index contributed by atoms with van der Waals surface area (Å²) in [6.45, 7) is 3.86. The van der Waals surface area contributed by atoms with E-state index in [-0.39, 0.29) is 11.9 Å². The third kappa shape index (κ3) is 3.38. The molecule has 4 aromatic rings. The molecule has 0 fully saturated rings. The lowest BCUT2D eigenvalue weighted by Crippen LogP contribution is -2.10. The Morgan fingerprint density at radius 1 is 1.14 bits per heavy atom. The molecule has 2 heterocycles. The number of benzene rings is 2. The van der Waals surface area contributed by atoms with Crippen molar-refractivity contribution < 1.29 is 18.3 Å². The van der Waals surface area contributed by atoms with E-state index in [4.69, 9.17) is 9.47 Å². The molecule has 4 nitrogen and oxygen atoms in total. The molecule has 7 heteroatoms. The first-order valence-corrected chi connectivity index (χ1v) is 9.70. The number of methoxy groups -OCH3 is 1. The Morgan fingerprint density at radius 3 is 2.71 bits per heavy atom. The molecule has 0 spiro atoms. The van der Waals surface area contributed by atoms with Crippen LogP contribution < -0.4 is 9.47 Å². The van der Waals surface area contributed by atoms with Crippen LogP contribution in [0.3, 0.4) is 0 Å². The van der Waals surface area contributed by atoms with E-state index in [1.807, 2.05) is 13.8 Å². The van der Waals surface area contributed by atoms with Gasteiger partial charge in [-0.25, -0.2) is 13.8 Å². The Balaban J connectivity index is 1.85. The predicted molar refractivity (Wildman–Crippen MR) is 107 cm³/mol. The second kappa shape index (κ2) is 7.31. The summed E-state index contributed by atoms with van der Waals surface area (Å²) in [7, 11) is 1.53. The maximum Gasteiger partial charge on any atom is 0.167 e. The predicted octanol–water partition coefficient (Wildman–Crippen LogP) is 5.98. The van der Waals surface area contributed by atoms with Crippen LogP contribution in [0.25, 0.3) is 31.7 Å². The van der Waals surface area contributed by atoms with Crippen LogP contribution in [-0.2, 0) is 0 Å². The lowest BCUT2D eigenvalue weighted by atomic mass is 10.1. The number of hydrogen-bond acceptors (Lipinski definition) is 5. The van der Waals surface area contributed by atoms with Gasteiger partial charge in [0, 0.05) is 23.1 Å². The van der Waals surface area contributed by atoms with Crippen LogP contribution in [0.15, 0.2) is 36.5 Å². The molecule has 1 unspecified atom stereocenters. The molecule has 0 aliphatic carbocycles. The number of hydrogen-bond donors (Lipinski definition) is 0. The summed E-state index contributed by atoms with van der Waals surface area (Å²) in [5, 5.41) is 1.18. The van der Waals surface area contributed by atoms with Gasteiger partial charge in [0.15, 0.2) is 11.6 Å². The molecule has 2 aromatic heterocycles. The van der Waals surface area contributed by atoms with Crippen LogP contribution in [0.2, 0.25) is 0 Å². The first kappa shape index (κ1) is 18.6. The molecule has 0 bridgehead atoms. The Morgan fingerprint density at radius 2 is 1.96 bits per heavy atom. The number of fused-ring (bicyclic) bond motifs is 2. The van der Waals surface area contributed by atoms with Crippen molar-refractivity contribution in [2.24, 2.45) is 0 Å². The van der Waals surface area contributed by atoms with Gasteiger partial charge < -0.3 is 9.47 Å². The summed E-state index contributed by atoms with van der Waals surface area (Å²) in [4.78, 5) is 8.90. The number of rotatable bonds is 5. The summed E-state index contributed by atoms with van der Waals surface area (Å²) < 4.78 is 40.2. The molecule has 0 N–H and O–H groups in total. The van der Waals surface area contributed by atoms with Crippen LogP contribution in [0, 0.1) is 11.6 Å². The number of pyridine rings is 1. The first-order chi connectivity index (χ1) is 13.5. The minimum absolute atomic E-state index is 0.0920. The van der Waals surface area contributed by atoms with Crippen molar-refractivity contribution in [2.45, 2.75) is 26.4 Å². The van der Waals surface area contributed by atoms with Gasteiger partial charge in [-0.15, -0.1) is 11.3 Å². The van der Waals surface area contributed by atoms with Gasteiger partial charge in [0.2, 0.25) is 0 Å². The van der Waals surface area contributed by atoms with Crippen LogP contribution in [-0.4, -0.2) is 23.2 Å². The topological polar surface area (TPSA) is 44.2 Å². The number of ether oxygens (including phenoxy) is 2. The highest BCUT2D eigenvalue weighted by Gasteiger charge is 2.16. The van der Waals surface area contributed by atoms with Crippen LogP contribution in [0.4, 0.5) is 8.78 Å².